The quantitative estimate of drug-likeness (QED) is 0.946. The van der Waals surface area contributed by atoms with Gasteiger partial charge in [-0.15, -0.1) is 0 Å². The predicted molar refractivity (Wildman–Crippen MR) is 85.4 cm³/mol. The first-order valence-electron chi connectivity index (χ1n) is 7.49. The lowest BCUT2D eigenvalue weighted by atomic mass is 10.00. The van der Waals surface area contributed by atoms with E-state index < -0.39 is 0 Å². The third-order valence-corrected chi connectivity index (χ3v) is 3.97. The summed E-state index contributed by atoms with van der Waals surface area (Å²) in [6, 6.07) is 14.6. The molecule has 1 saturated heterocycles. The van der Waals surface area contributed by atoms with E-state index in [1.165, 1.54) is 17.8 Å². The molecule has 1 fully saturated rings. The summed E-state index contributed by atoms with van der Waals surface area (Å²) in [6.45, 7) is 3.86. The van der Waals surface area contributed by atoms with Crippen molar-refractivity contribution in [2.45, 2.75) is 6.42 Å². The highest BCUT2D eigenvalue weighted by Crippen LogP contribution is 2.25. The lowest BCUT2D eigenvalue weighted by Crippen LogP contribution is -2.43. The maximum atomic E-state index is 13.1. The fourth-order valence-corrected chi connectivity index (χ4v) is 2.83. The molecule has 0 saturated carbocycles. The Hall–Kier alpha value is -2.38. The van der Waals surface area contributed by atoms with Gasteiger partial charge in [0.15, 0.2) is 0 Å². The summed E-state index contributed by atoms with van der Waals surface area (Å²) >= 11 is 0. The molecule has 4 heteroatoms. The number of rotatable bonds is 3. The lowest BCUT2D eigenvalue weighted by molar-refractivity contribution is 0.588. The van der Waals surface area contributed by atoms with Crippen molar-refractivity contribution in [1.29, 1.82) is 5.26 Å². The molecular formula is C18H18FN3. The van der Waals surface area contributed by atoms with Crippen molar-refractivity contribution in [2.75, 3.05) is 31.1 Å². The van der Waals surface area contributed by atoms with Crippen LogP contribution in [0.1, 0.15) is 16.7 Å². The van der Waals surface area contributed by atoms with E-state index in [0.29, 0.717) is 12.0 Å². The molecule has 1 aliphatic rings. The number of anilines is 1. The highest BCUT2D eigenvalue weighted by molar-refractivity contribution is 5.58. The van der Waals surface area contributed by atoms with Crippen LogP contribution in [-0.4, -0.2) is 26.2 Å². The van der Waals surface area contributed by atoms with Crippen LogP contribution in [0.3, 0.4) is 0 Å². The van der Waals surface area contributed by atoms with E-state index in [0.717, 1.165) is 37.3 Å². The number of nitrogens with zero attached hydrogens (tertiary/aromatic N) is 2. The molecule has 22 heavy (non-hydrogen) atoms. The lowest BCUT2D eigenvalue weighted by Gasteiger charge is -2.31. The second kappa shape index (κ2) is 6.59. The summed E-state index contributed by atoms with van der Waals surface area (Å²) < 4.78 is 13.1. The van der Waals surface area contributed by atoms with Crippen molar-refractivity contribution in [3.05, 3.63) is 65.0 Å². The molecule has 3 nitrogen and oxygen atoms in total. The SMILES string of the molecule is N#Cc1ccc(N2CCNCC2)c(Cc2ccc(F)cc2)c1. The van der Waals surface area contributed by atoms with Gasteiger partial charge in [-0.3, -0.25) is 0 Å². The zero-order valence-corrected chi connectivity index (χ0v) is 12.3. The van der Waals surface area contributed by atoms with Gasteiger partial charge >= 0.3 is 0 Å². The van der Waals surface area contributed by atoms with Gasteiger partial charge in [-0.05, 0) is 47.9 Å². The largest absolute Gasteiger partial charge is 0.369 e. The van der Waals surface area contributed by atoms with Crippen molar-refractivity contribution in [1.82, 2.24) is 5.32 Å². The van der Waals surface area contributed by atoms with E-state index in [4.69, 9.17) is 5.26 Å². The van der Waals surface area contributed by atoms with Crippen LogP contribution in [0.4, 0.5) is 10.1 Å². The normalized spacial score (nSPS) is 14.6. The fourth-order valence-electron chi connectivity index (χ4n) is 2.83. The number of hydrogen-bond donors (Lipinski definition) is 1. The maximum absolute atomic E-state index is 13.1. The smallest absolute Gasteiger partial charge is 0.123 e. The molecule has 0 aromatic heterocycles. The van der Waals surface area contributed by atoms with E-state index in [1.54, 1.807) is 12.1 Å². The number of hydrogen-bond acceptors (Lipinski definition) is 3. The minimum absolute atomic E-state index is 0.225. The fraction of sp³-hybridized carbons (Fsp3) is 0.278. The monoisotopic (exact) mass is 295 g/mol. The van der Waals surface area contributed by atoms with Crippen LogP contribution in [-0.2, 0) is 6.42 Å². The van der Waals surface area contributed by atoms with Crippen molar-refractivity contribution >= 4 is 5.69 Å². The van der Waals surface area contributed by atoms with E-state index in [-0.39, 0.29) is 5.82 Å². The molecule has 0 aliphatic carbocycles. The predicted octanol–water partition coefficient (Wildman–Crippen LogP) is 2.70. The molecule has 0 atom stereocenters. The molecule has 0 unspecified atom stereocenters. The Balaban J connectivity index is 1.92. The first kappa shape index (κ1) is 14.6. The highest BCUT2D eigenvalue weighted by Gasteiger charge is 2.15. The standard InChI is InChI=1S/C18H18FN3/c19-17-4-1-14(2-5-17)11-16-12-15(13-20)3-6-18(16)22-9-7-21-8-10-22/h1-6,12,21H,7-11H2. The Morgan fingerprint density at radius 1 is 1.09 bits per heavy atom. The van der Waals surface area contributed by atoms with E-state index in [9.17, 15) is 4.39 Å². The van der Waals surface area contributed by atoms with Crippen LogP contribution in [0.5, 0.6) is 0 Å². The third kappa shape index (κ3) is 3.26. The van der Waals surface area contributed by atoms with Gasteiger partial charge in [0.25, 0.3) is 0 Å². The van der Waals surface area contributed by atoms with Gasteiger partial charge in [-0.1, -0.05) is 12.1 Å². The molecule has 3 rings (SSSR count). The first-order chi connectivity index (χ1) is 10.8. The first-order valence-corrected chi connectivity index (χ1v) is 7.49. The average Bonchev–Trinajstić information content (AvgIpc) is 2.57. The topological polar surface area (TPSA) is 39.1 Å². The number of piperazine rings is 1. The molecular weight excluding hydrogens is 277 g/mol. The van der Waals surface area contributed by atoms with Gasteiger partial charge in [0, 0.05) is 31.9 Å². The van der Waals surface area contributed by atoms with Crippen molar-refractivity contribution in [3.63, 3.8) is 0 Å². The molecule has 1 heterocycles. The minimum atomic E-state index is -0.225. The van der Waals surface area contributed by atoms with Gasteiger partial charge in [0.05, 0.1) is 11.6 Å². The zero-order chi connectivity index (χ0) is 15.4. The maximum Gasteiger partial charge on any atom is 0.123 e. The van der Waals surface area contributed by atoms with Crippen LogP contribution in [0, 0.1) is 17.1 Å². The number of benzene rings is 2. The summed E-state index contributed by atoms with van der Waals surface area (Å²) in [5, 5.41) is 12.5. The van der Waals surface area contributed by atoms with Crippen LogP contribution in [0.2, 0.25) is 0 Å². The number of halogens is 1. The zero-order valence-electron chi connectivity index (χ0n) is 12.3. The van der Waals surface area contributed by atoms with Crippen LogP contribution >= 0.6 is 0 Å². The Labute approximate surface area is 130 Å². The van der Waals surface area contributed by atoms with E-state index in [2.05, 4.69) is 16.3 Å². The average molecular weight is 295 g/mol. The molecule has 1 aliphatic heterocycles. The van der Waals surface area contributed by atoms with Gasteiger partial charge in [0.2, 0.25) is 0 Å². The van der Waals surface area contributed by atoms with Crippen molar-refractivity contribution in [3.8, 4) is 6.07 Å². The van der Waals surface area contributed by atoms with Gasteiger partial charge in [-0.25, -0.2) is 4.39 Å². The molecule has 2 aromatic carbocycles. The number of nitriles is 1. The Kier molecular flexibility index (Phi) is 4.36. The summed E-state index contributed by atoms with van der Waals surface area (Å²) in [5.41, 5.74) is 4.00. The molecule has 2 aromatic rings. The highest BCUT2D eigenvalue weighted by atomic mass is 19.1. The molecule has 112 valence electrons. The van der Waals surface area contributed by atoms with Crippen molar-refractivity contribution in [2.24, 2.45) is 0 Å². The van der Waals surface area contributed by atoms with Gasteiger partial charge in [-0.2, -0.15) is 5.26 Å². The van der Waals surface area contributed by atoms with E-state index in [1.807, 2.05) is 18.2 Å². The second-order valence-corrected chi connectivity index (χ2v) is 5.50. The van der Waals surface area contributed by atoms with Gasteiger partial charge in [0.1, 0.15) is 5.82 Å². The van der Waals surface area contributed by atoms with Crippen LogP contribution in [0.15, 0.2) is 42.5 Å². The van der Waals surface area contributed by atoms with Crippen LogP contribution < -0.4 is 10.2 Å². The molecule has 1 N–H and O–H groups in total. The van der Waals surface area contributed by atoms with E-state index >= 15 is 0 Å². The second-order valence-electron chi connectivity index (χ2n) is 5.50. The van der Waals surface area contributed by atoms with Crippen LogP contribution in [0.25, 0.3) is 0 Å². The summed E-state index contributed by atoms with van der Waals surface area (Å²) in [7, 11) is 0. The third-order valence-electron chi connectivity index (χ3n) is 3.97. The minimum Gasteiger partial charge on any atom is -0.369 e. The van der Waals surface area contributed by atoms with Crippen molar-refractivity contribution < 1.29 is 4.39 Å². The summed E-state index contributed by atoms with van der Waals surface area (Å²) in [4.78, 5) is 2.34. The Morgan fingerprint density at radius 2 is 1.82 bits per heavy atom. The molecule has 0 amide bonds. The Bertz CT molecular complexity index is 682. The molecule has 0 radical (unpaired) electrons. The molecule has 0 bridgehead atoms. The summed E-state index contributed by atoms with van der Waals surface area (Å²) in [6.07, 6.45) is 0.703. The molecule has 0 spiro atoms. The number of nitrogens with one attached hydrogen (secondary N) is 1. The summed E-state index contributed by atoms with van der Waals surface area (Å²) in [5.74, 6) is -0.225. The van der Waals surface area contributed by atoms with Gasteiger partial charge < -0.3 is 10.2 Å². The Morgan fingerprint density at radius 3 is 2.50 bits per heavy atom.